The topological polar surface area (TPSA) is 96.4 Å². The van der Waals surface area contributed by atoms with Crippen LogP contribution in [-0.2, 0) is 23.9 Å². The lowest BCUT2D eigenvalue weighted by molar-refractivity contribution is -0.162. The van der Waals surface area contributed by atoms with Gasteiger partial charge in [0, 0.05) is 13.1 Å². The summed E-state index contributed by atoms with van der Waals surface area (Å²) in [6.45, 7) is 8.79. The van der Waals surface area contributed by atoms with Gasteiger partial charge in [-0.1, -0.05) is 57.9 Å². The van der Waals surface area contributed by atoms with Crippen molar-refractivity contribution < 1.29 is 29.0 Å². The predicted octanol–water partition coefficient (Wildman–Crippen LogP) is 2.46. The summed E-state index contributed by atoms with van der Waals surface area (Å²) in [5.74, 6) is -2.86. The number of likely N-dealkylation sites (tertiary alicyclic amines) is 1. The molecule has 4 rings (SSSR count). The van der Waals surface area contributed by atoms with Crippen molar-refractivity contribution >= 4 is 17.8 Å². The molecule has 194 valence electrons. The minimum absolute atomic E-state index is 0.0906. The minimum Gasteiger partial charge on any atom is -0.465 e. The van der Waals surface area contributed by atoms with Crippen LogP contribution in [-0.4, -0.2) is 82.3 Å². The van der Waals surface area contributed by atoms with E-state index in [2.05, 4.69) is 6.92 Å². The Bertz CT molecular complexity index is 900. The van der Waals surface area contributed by atoms with Gasteiger partial charge in [0.25, 0.3) is 0 Å². The first kappa shape index (κ1) is 25.9. The van der Waals surface area contributed by atoms with Crippen LogP contribution in [0.25, 0.3) is 0 Å². The van der Waals surface area contributed by atoms with Crippen molar-refractivity contribution in [3.63, 3.8) is 0 Å². The Hall–Kier alpha value is -2.19. The van der Waals surface area contributed by atoms with Crippen LogP contribution >= 0.6 is 0 Å². The minimum atomic E-state index is -1.31. The molecule has 0 aliphatic carbocycles. The van der Waals surface area contributed by atoms with Crippen LogP contribution in [0.2, 0.25) is 0 Å². The number of allylic oxidation sites excluding steroid dienone is 1. The fourth-order valence-electron chi connectivity index (χ4n) is 6.35. The number of ether oxygens (including phenoxy) is 2. The van der Waals surface area contributed by atoms with Crippen molar-refractivity contribution in [3.8, 4) is 0 Å². The van der Waals surface area contributed by atoms with Crippen LogP contribution in [0.4, 0.5) is 0 Å². The Labute approximate surface area is 208 Å². The molecule has 4 aliphatic heterocycles. The number of cyclic esters (lactones) is 1. The number of carbonyl (C=O) groups is 3. The molecule has 6 atom stereocenters. The van der Waals surface area contributed by atoms with E-state index in [0.717, 1.165) is 25.7 Å². The van der Waals surface area contributed by atoms with Crippen LogP contribution in [0.15, 0.2) is 24.3 Å². The van der Waals surface area contributed by atoms with Crippen molar-refractivity contribution in [2.45, 2.75) is 83.1 Å². The summed E-state index contributed by atoms with van der Waals surface area (Å²) >= 11 is 0. The molecule has 4 aliphatic rings. The zero-order valence-corrected chi connectivity index (χ0v) is 21.4. The van der Waals surface area contributed by atoms with Crippen molar-refractivity contribution in [3.05, 3.63) is 24.3 Å². The monoisotopic (exact) mass is 488 g/mol. The molecule has 2 fully saturated rings. The number of unbranched alkanes of at least 4 members (excludes halogenated alkanes) is 2. The second-order valence-electron chi connectivity index (χ2n) is 10.8. The summed E-state index contributed by atoms with van der Waals surface area (Å²) in [6, 6.07) is -1.52. The van der Waals surface area contributed by atoms with E-state index in [-0.39, 0.29) is 30.9 Å². The van der Waals surface area contributed by atoms with Crippen LogP contribution in [0, 0.1) is 17.8 Å². The van der Waals surface area contributed by atoms with Gasteiger partial charge in [-0.05, 0) is 32.1 Å². The smallest absolute Gasteiger partial charge is 0.313 e. The van der Waals surface area contributed by atoms with Gasteiger partial charge in [0.05, 0.1) is 30.8 Å². The van der Waals surface area contributed by atoms with Gasteiger partial charge in [-0.15, -0.1) is 0 Å². The molecular formula is C27H40N2O6. The number of hydrogen-bond donors (Lipinski definition) is 1. The normalized spacial score (nSPS) is 36.6. The molecule has 0 aromatic carbocycles. The van der Waals surface area contributed by atoms with Gasteiger partial charge in [0.1, 0.15) is 17.6 Å². The quantitative estimate of drug-likeness (QED) is 0.336. The van der Waals surface area contributed by atoms with E-state index in [0.29, 0.717) is 19.5 Å². The van der Waals surface area contributed by atoms with Crippen LogP contribution in [0.5, 0.6) is 0 Å². The highest BCUT2D eigenvalue weighted by Crippen LogP contribution is 2.57. The molecular weight excluding hydrogens is 448 g/mol. The van der Waals surface area contributed by atoms with E-state index in [1.165, 1.54) is 4.90 Å². The lowest BCUT2D eigenvalue weighted by Gasteiger charge is -2.41. The van der Waals surface area contributed by atoms with Crippen molar-refractivity contribution in [2.24, 2.45) is 17.8 Å². The van der Waals surface area contributed by atoms with Crippen molar-refractivity contribution in [1.29, 1.82) is 0 Å². The highest BCUT2D eigenvalue weighted by atomic mass is 16.6. The van der Waals surface area contributed by atoms with Gasteiger partial charge in [-0.25, -0.2) is 0 Å². The fraction of sp³-hybridized carbons (Fsp3) is 0.741. The molecule has 0 saturated carbocycles. The van der Waals surface area contributed by atoms with Crippen LogP contribution < -0.4 is 0 Å². The lowest BCUT2D eigenvalue weighted by atomic mass is 9.74. The lowest BCUT2D eigenvalue weighted by Crippen LogP contribution is -2.59. The SMILES string of the molecule is CCCCCN1CC=C[C@]23O[C@@]4(C)/C=C\CCCOC(=O)[C@H]4[C@H]2C(=O)N([C@@H](CO)C(C)C)C3C1=O. The number of hydrogen-bond acceptors (Lipinski definition) is 6. The fourth-order valence-corrected chi connectivity index (χ4v) is 6.35. The van der Waals surface area contributed by atoms with E-state index in [1.54, 1.807) is 4.90 Å². The Morgan fingerprint density at radius 3 is 2.57 bits per heavy atom. The van der Waals surface area contributed by atoms with Gasteiger partial charge in [0.2, 0.25) is 11.8 Å². The molecule has 1 unspecified atom stereocenters. The van der Waals surface area contributed by atoms with E-state index >= 15 is 0 Å². The Morgan fingerprint density at radius 2 is 1.89 bits per heavy atom. The predicted molar refractivity (Wildman–Crippen MR) is 130 cm³/mol. The molecule has 0 aromatic rings. The number of carbonyl (C=O) groups excluding carboxylic acids is 3. The third kappa shape index (κ3) is 4.22. The van der Waals surface area contributed by atoms with Crippen LogP contribution in [0.3, 0.4) is 0 Å². The molecule has 8 nitrogen and oxygen atoms in total. The van der Waals surface area contributed by atoms with Gasteiger partial charge in [-0.2, -0.15) is 0 Å². The molecule has 0 aromatic heterocycles. The third-order valence-corrected chi connectivity index (χ3v) is 8.12. The third-order valence-electron chi connectivity index (χ3n) is 8.12. The first-order valence-corrected chi connectivity index (χ1v) is 13.2. The molecule has 0 radical (unpaired) electrons. The number of aliphatic hydroxyl groups excluding tert-OH is 1. The Kier molecular flexibility index (Phi) is 7.44. The first-order valence-electron chi connectivity index (χ1n) is 13.2. The maximum Gasteiger partial charge on any atom is 0.313 e. The summed E-state index contributed by atoms with van der Waals surface area (Å²) < 4.78 is 12.4. The zero-order chi connectivity index (χ0) is 25.4. The summed E-state index contributed by atoms with van der Waals surface area (Å²) in [4.78, 5) is 45.0. The second kappa shape index (κ2) is 10.1. The van der Waals surface area contributed by atoms with Gasteiger partial charge >= 0.3 is 5.97 Å². The zero-order valence-electron chi connectivity index (χ0n) is 21.4. The molecule has 0 bridgehead atoms. The van der Waals surface area contributed by atoms with Crippen molar-refractivity contribution in [2.75, 3.05) is 26.3 Å². The molecule has 1 spiro atoms. The molecule has 4 heterocycles. The standard InChI is InChI=1S/C27H40N2O6/c1-5-6-9-14-28-15-11-13-27-20(21-25(33)34-16-10-7-8-12-26(21,4)35-27)23(31)29(22(27)24(28)32)19(17-30)18(2)3/h8,11-13,18-22,30H,5-7,9-10,14-17H2,1-4H3/b12-8-/t19-,20-,21+,22?,26-,27-/m0/s1. The van der Waals surface area contributed by atoms with Crippen molar-refractivity contribution in [1.82, 2.24) is 9.80 Å². The molecule has 35 heavy (non-hydrogen) atoms. The van der Waals surface area contributed by atoms with Gasteiger partial charge in [0.15, 0.2) is 0 Å². The van der Waals surface area contributed by atoms with E-state index < -0.39 is 41.1 Å². The second-order valence-corrected chi connectivity index (χ2v) is 10.8. The van der Waals surface area contributed by atoms with E-state index in [9.17, 15) is 19.5 Å². The molecule has 2 amide bonds. The average molecular weight is 489 g/mol. The Morgan fingerprint density at radius 1 is 1.11 bits per heavy atom. The Balaban J connectivity index is 1.85. The maximum absolute atomic E-state index is 14.2. The largest absolute Gasteiger partial charge is 0.465 e. The molecule has 1 N–H and O–H groups in total. The number of amides is 2. The molecule has 8 heteroatoms. The summed E-state index contributed by atoms with van der Waals surface area (Å²) in [5, 5.41) is 10.3. The molecule has 2 saturated heterocycles. The van der Waals surface area contributed by atoms with Gasteiger partial charge in [-0.3, -0.25) is 14.4 Å². The number of aliphatic hydroxyl groups is 1. The van der Waals surface area contributed by atoms with E-state index in [1.807, 2.05) is 45.1 Å². The summed E-state index contributed by atoms with van der Waals surface area (Å²) in [6.07, 6.45) is 12.0. The first-order chi connectivity index (χ1) is 16.7. The maximum atomic E-state index is 14.2. The number of nitrogens with zero attached hydrogens (tertiary/aromatic N) is 2. The number of fused-ring (bicyclic) bond motifs is 2. The highest BCUT2D eigenvalue weighted by molar-refractivity contribution is 5.99. The van der Waals surface area contributed by atoms with E-state index in [4.69, 9.17) is 9.47 Å². The summed E-state index contributed by atoms with van der Waals surface area (Å²) in [5.41, 5.74) is -2.39. The van der Waals surface area contributed by atoms with Crippen LogP contribution in [0.1, 0.15) is 59.8 Å². The number of rotatable bonds is 7. The number of esters is 1. The highest BCUT2D eigenvalue weighted by Gasteiger charge is 2.75. The van der Waals surface area contributed by atoms with Gasteiger partial charge < -0.3 is 24.4 Å². The average Bonchev–Trinajstić information content (AvgIpc) is 3.16. The summed E-state index contributed by atoms with van der Waals surface area (Å²) in [7, 11) is 0.